The predicted octanol–water partition coefficient (Wildman–Crippen LogP) is 8.90. The average Bonchev–Trinajstić information content (AvgIpc) is 3.53. The van der Waals surface area contributed by atoms with Gasteiger partial charge in [-0.15, -0.1) is 0 Å². The molecule has 2 nitrogen and oxygen atoms in total. The molecule has 38 heavy (non-hydrogen) atoms. The molecule has 4 aromatic rings. The van der Waals surface area contributed by atoms with Gasteiger partial charge < -0.3 is 9.88 Å². The van der Waals surface area contributed by atoms with E-state index in [-0.39, 0.29) is 12.0 Å². The maximum Gasteiger partial charge on any atom is 0.0697 e. The van der Waals surface area contributed by atoms with E-state index in [0.29, 0.717) is 12.0 Å². The predicted molar refractivity (Wildman–Crippen MR) is 160 cm³/mol. The Bertz CT molecular complexity index is 1760. The molecule has 3 aliphatic carbocycles. The third-order valence-electron chi connectivity index (χ3n) is 8.81. The van der Waals surface area contributed by atoms with Crippen molar-refractivity contribution in [2.45, 2.75) is 36.8 Å². The van der Waals surface area contributed by atoms with Gasteiger partial charge in [0.2, 0.25) is 0 Å². The zero-order valence-electron chi connectivity index (χ0n) is 21.3. The molecule has 0 radical (unpaired) electrons. The highest BCUT2D eigenvalue weighted by Crippen LogP contribution is 2.50. The van der Waals surface area contributed by atoms with E-state index in [4.69, 9.17) is 0 Å². The molecule has 4 unspecified atom stereocenters. The van der Waals surface area contributed by atoms with E-state index in [2.05, 4.69) is 137 Å². The van der Waals surface area contributed by atoms with Gasteiger partial charge in [0.1, 0.15) is 0 Å². The Hall–Kier alpha value is -4.30. The molecule has 0 amide bonds. The summed E-state index contributed by atoms with van der Waals surface area (Å²) in [4.78, 5) is 0. The van der Waals surface area contributed by atoms with Crippen LogP contribution >= 0.6 is 0 Å². The lowest BCUT2D eigenvalue weighted by Crippen LogP contribution is -2.22. The minimum absolute atomic E-state index is 0.170. The first-order valence-electron chi connectivity index (χ1n) is 13.8. The standard InChI is InChI=1S/C36H30N2/c1-3-12-24(13-4-1)26-18-11-19-27(25-14-5-2-6-15-25)36(26)38-32-21-10-8-17-30(32)34-33(38)23-22-29-28-16-7-9-20-31(28)37-35(29)34/h1-5,7-14,16-23,26,28,31,36-37H,6,15H2. The molecular weight excluding hydrogens is 460 g/mol. The van der Waals surface area contributed by atoms with Gasteiger partial charge in [0.05, 0.1) is 17.6 Å². The van der Waals surface area contributed by atoms with Crippen molar-refractivity contribution in [2.24, 2.45) is 0 Å². The fraction of sp³-hybridized carbons (Fsp3) is 0.167. The van der Waals surface area contributed by atoms with Crippen LogP contribution < -0.4 is 5.32 Å². The topological polar surface area (TPSA) is 17.0 Å². The van der Waals surface area contributed by atoms with Gasteiger partial charge in [-0.25, -0.2) is 0 Å². The van der Waals surface area contributed by atoms with Gasteiger partial charge in [-0.3, -0.25) is 0 Å². The molecule has 1 N–H and O–H groups in total. The van der Waals surface area contributed by atoms with Crippen LogP contribution in [0, 0.1) is 0 Å². The van der Waals surface area contributed by atoms with E-state index in [0.717, 1.165) is 12.8 Å². The van der Waals surface area contributed by atoms with Crippen LogP contribution in [-0.2, 0) is 0 Å². The van der Waals surface area contributed by atoms with Crippen LogP contribution in [0.15, 0.2) is 139 Å². The highest BCUT2D eigenvalue weighted by atomic mass is 15.0. The summed E-state index contributed by atoms with van der Waals surface area (Å²) in [5.74, 6) is 0.641. The van der Waals surface area contributed by atoms with Gasteiger partial charge in [-0.05, 0) is 47.2 Å². The Labute approximate surface area is 223 Å². The fourth-order valence-electron chi connectivity index (χ4n) is 7.13. The maximum absolute atomic E-state index is 3.90. The molecule has 4 atom stereocenters. The lowest BCUT2D eigenvalue weighted by molar-refractivity contribution is 0.546. The average molecular weight is 491 g/mol. The highest BCUT2D eigenvalue weighted by Gasteiger charge is 2.36. The summed E-state index contributed by atoms with van der Waals surface area (Å²) in [6.07, 6.45) is 25.1. The van der Waals surface area contributed by atoms with Crippen molar-refractivity contribution in [3.05, 3.63) is 150 Å². The first-order chi connectivity index (χ1) is 18.9. The van der Waals surface area contributed by atoms with Gasteiger partial charge in [0, 0.05) is 33.8 Å². The largest absolute Gasteiger partial charge is 0.377 e. The van der Waals surface area contributed by atoms with Crippen molar-refractivity contribution >= 4 is 27.5 Å². The molecule has 0 spiro atoms. The third-order valence-corrected chi connectivity index (χ3v) is 8.81. The van der Waals surface area contributed by atoms with E-state index < -0.39 is 0 Å². The number of allylic oxidation sites excluding steroid dienone is 10. The minimum Gasteiger partial charge on any atom is -0.377 e. The summed E-state index contributed by atoms with van der Waals surface area (Å²) >= 11 is 0. The molecule has 0 fully saturated rings. The number of para-hydroxylation sites is 1. The van der Waals surface area contributed by atoms with Gasteiger partial charge in [0.25, 0.3) is 0 Å². The van der Waals surface area contributed by atoms with Crippen molar-refractivity contribution in [2.75, 3.05) is 5.32 Å². The van der Waals surface area contributed by atoms with Crippen molar-refractivity contribution in [1.82, 2.24) is 4.57 Å². The number of rotatable bonds is 3. The van der Waals surface area contributed by atoms with Crippen molar-refractivity contribution < 1.29 is 0 Å². The molecular formula is C36H30N2. The van der Waals surface area contributed by atoms with E-state index in [1.165, 1.54) is 49.8 Å². The first kappa shape index (κ1) is 21.8. The van der Waals surface area contributed by atoms with Gasteiger partial charge in [-0.2, -0.15) is 0 Å². The van der Waals surface area contributed by atoms with Crippen LogP contribution in [0.25, 0.3) is 21.8 Å². The van der Waals surface area contributed by atoms with Gasteiger partial charge in [-0.1, -0.05) is 115 Å². The van der Waals surface area contributed by atoms with Crippen LogP contribution in [0.3, 0.4) is 0 Å². The molecule has 2 heteroatoms. The smallest absolute Gasteiger partial charge is 0.0697 e. The van der Waals surface area contributed by atoms with E-state index in [1.807, 2.05) is 0 Å². The molecule has 2 heterocycles. The number of nitrogens with zero attached hydrogens (tertiary/aromatic N) is 1. The fourth-order valence-corrected chi connectivity index (χ4v) is 7.13. The molecule has 0 saturated carbocycles. The quantitative estimate of drug-likeness (QED) is 0.303. The molecule has 0 saturated heterocycles. The number of fused-ring (bicyclic) bond motifs is 7. The zero-order valence-corrected chi connectivity index (χ0v) is 21.3. The molecule has 8 rings (SSSR count). The summed E-state index contributed by atoms with van der Waals surface area (Å²) in [5.41, 5.74) is 9.57. The second-order valence-electron chi connectivity index (χ2n) is 10.8. The SMILES string of the molecule is C1=CCCC(C2=CC=CC(c3ccccc3)C2n2c3ccccc3c3c4c(ccc32)C2C=CC=CC2N4)=C1. The third kappa shape index (κ3) is 3.20. The Morgan fingerprint density at radius 2 is 1.55 bits per heavy atom. The van der Waals surface area contributed by atoms with Gasteiger partial charge in [0.15, 0.2) is 0 Å². The Kier molecular flexibility index (Phi) is 4.94. The van der Waals surface area contributed by atoms with Crippen LogP contribution in [0.1, 0.15) is 41.8 Å². The number of benzene rings is 3. The highest BCUT2D eigenvalue weighted by molar-refractivity contribution is 6.15. The molecule has 3 aromatic carbocycles. The summed E-state index contributed by atoms with van der Waals surface area (Å²) in [7, 11) is 0. The lowest BCUT2D eigenvalue weighted by Gasteiger charge is -2.34. The van der Waals surface area contributed by atoms with E-state index >= 15 is 0 Å². The van der Waals surface area contributed by atoms with E-state index in [9.17, 15) is 0 Å². The summed E-state index contributed by atoms with van der Waals surface area (Å²) in [5, 5.41) is 6.59. The zero-order chi connectivity index (χ0) is 25.1. The van der Waals surface area contributed by atoms with Crippen molar-refractivity contribution in [3.8, 4) is 0 Å². The minimum atomic E-state index is 0.170. The molecule has 184 valence electrons. The number of aromatic nitrogens is 1. The first-order valence-corrected chi connectivity index (χ1v) is 13.8. The Balaban J connectivity index is 1.41. The number of anilines is 1. The van der Waals surface area contributed by atoms with Crippen LogP contribution in [-0.4, -0.2) is 10.6 Å². The normalized spacial score (nSPS) is 25.3. The summed E-state index contributed by atoms with van der Waals surface area (Å²) < 4.78 is 2.65. The van der Waals surface area contributed by atoms with Crippen molar-refractivity contribution in [1.29, 1.82) is 0 Å². The van der Waals surface area contributed by atoms with Gasteiger partial charge >= 0.3 is 0 Å². The molecule has 1 aliphatic heterocycles. The van der Waals surface area contributed by atoms with Crippen LogP contribution in [0.2, 0.25) is 0 Å². The summed E-state index contributed by atoms with van der Waals surface area (Å²) in [6, 6.07) is 25.3. The number of nitrogens with one attached hydrogen (secondary N) is 1. The maximum atomic E-state index is 3.90. The second kappa shape index (κ2) is 8.63. The molecule has 4 aliphatic rings. The molecule has 1 aromatic heterocycles. The second-order valence-corrected chi connectivity index (χ2v) is 10.8. The molecule has 0 bridgehead atoms. The summed E-state index contributed by atoms with van der Waals surface area (Å²) in [6.45, 7) is 0. The lowest BCUT2D eigenvalue weighted by atomic mass is 9.78. The Morgan fingerprint density at radius 3 is 2.45 bits per heavy atom. The van der Waals surface area contributed by atoms with Crippen LogP contribution in [0.4, 0.5) is 5.69 Å². The number of hydrogen-bond acceptors (Lipinski definition) is 1. The monoisotopic (exact) mass is 490 g/mol. The Morgan fingerprint density at radius 1 is 0.711 bits per heavy atom. The van der Waals surface area contributed by atoms with Crippen LogP contribution in [0.5, 0.6) is 0 Å². The number of hydrogen-bond donors (Lipinski definition) is 1. The van der Waals surface area contributed by atoms with Crippen molar-refractivity contribution in [3.63, 3.8) is 0 Å². The van der Waals surface area contributed by atoms with E-state index in [1.54, 1.807) is 0 Å².